The van der Waals surface area contributed by atoms with E-state index >= 15 is 0 Å². The van der Waals surface area contributed by atoms with Gasteiger partial charge < -0.3 is 10.2 Å². The summed E-state index contributed by atoms with van der Waals surface area (Å²) < 4.78 is 41.7. The summed E-state index contributed by atoms with van der Waals surface area (Å²) in [6.45, 7) is 0. The minimum Gasteiger partial charge on any atom is -0.374 e. The number of rotatable bonds is 6. The number of halogens is 1. The second kappa shape index (κ2) is 7.31. The van der Waals surface area contributed by atoms with Crippen LogP contribution in [0.25, 0.3) is 0 Å². The fourth-order valence-electron chi connectivity index (χ4n) is 1.88. The van der Waals surface area contributed by atoms with Crippen molar-refractivity contribution in [3.05, 3.63) is 29.8 Å². The van der Waals surface area contributed by atoms with Gasteiger partial charge in [-0.1, -0.05) is 0 Å². The van der Waals surface area contributed by atoms with Crippen molar-refractivity contribution in [1.29, 1.82) is 0 Å². The van der Waals surface area contributed by atoms with Gasteiger partial charge in [-0.15, -0.1) is 5.06 Å². The maximum absolute atomic E-state index is 11.9. The number of benzene rings is 1. The molecule has 12 heteroatoms. The van der Waals surface area contributed by atoms with Crippen molar-refractivity contribution in [2.24, 2.45) is 0 Å². The Kier molecular flexibility index (Phi) is 5.61. The highest BCUT2D eigenvalue weighted by Gasteiger charge is 2.48. The Labute approximate surface area is 146 Å². The minimum absolute atomic E-state index is 0.00766. The molecule has 1 aliphatic rings. The molecule has 2 rings (SSSR count). The lowest BCUT2D eigenvalue weighted by Crippen LogP contribution is -2.36. The Morgan fingerprint density at radius 3 is 2.46 bits per heavy atom. The number of imide groups is 1. The van der Waals surface area contributed by atoms with E-state index in [1.54, 1.807) is 0 Å². The minimum atomic E-state index is -4.77. The number of alkyl halides is 1. The maximum atomic E-state index is 11.9. The fourth-order valence-corrected chi connectivity index (χ4v) is 3.18. The molecule has 1 saturated heterocycles. The van der Waals surface area contributed by atoms with Crippen LogP contribution in [-0.4, -0.2) is 45.6 Å². The highest BCUT2D eigenvalue weighted by molar-refractivity contribution is 14.1. The van der Waals surface area contributed by atoms with Crippen molar-refractivity contribution in [3.63, 3.8) is 0 Å². The van der Waals surface area contributed by atoms with Crippen molar-refractivity contribution in [1.82, 2.24) is 5.06 Å². The summed E-state index contributed by atoms with van der Waals surface area (Å²) in [7, 11) is -4.77. The first kappa shape index (κ1) is 18.4. The lowest BCUT2D eigenvalue weighted by Gasteiger charge is -2.13. The highest BCUT2D eigenvalue weighted by atomic mass is 127. The molecule has 1 heterocycles. The van der Waals surface area contributed by atoms with E-state index in [0.717, 1.165) is 0 Å². The molecule has 10 nitrogen and oxygen atoms in total. The smallest absolute Gasteiger partial charge is 0.363 e. The number of hydroxylamine groups is 2. The molecule has 1 unspecified atom stereocenters. The highest BCUT2D eigenvalue weighted by Crippen LogP contribution is 2.21. The van der Waals surface area contributed by atoms with Gasteiger partial charge in [0.15, 0.2) is 26.4 Å². The summed E-state index contributed by atoms with van der Waals surface area (Å²) >= 11 is -1.18. The lowest BCUT2D eigenvalue weighted by atomic mass is 10.2. The van der Waals surface area contributed by atoms with Gasteiger partial charge in [0.25, 0.3) is 21.9 Å². The van der Waals surface area contributed by atoms with Crippen LogP contribution in [0.3, 0.4) is 0 Å². The Hall–Kier alpha value is -1.93. The second-order valence-electron chi connectivity index (χ2n) is 4.61. The average molecular weight is 470 g/mol. The number of hydrogen-bond donors (Lipinski definition) is 2. The predicted octanol–water partition coefficient (Wildman–Crippen LogP) is 0.459. The van der Waals surface area contributed by atoms with Crippen LogP contribution >= 0.6 is 21.2 Å². The van der Waals surface area contributed by atoms with E-state index in [9.17, 15) is 25.9 Å². The summed E-state index contributed by atoms with van der Waals surface area (Å²) in [5, 5.41) is 0.905. The molecule has 130 valence electrons. The van der Waals surface area contributed by atoms with Gasteiger partial charge in [0, 0.05) is 5.69 Å². The third-order valence-electron chi connectivity index (χ3n) is 3.04. The molecule has 0 saturated carbocycles. The van der Waals surface area contributed by atoms with Crippen molar-refractivity contribution < 1.29 is 35.3 Å². The molecule has 24 heavy (non-hydrogen) atoms. The Balaban J connectivity index is 2.08. The molecule has 0 radical (unpaired) electrons. The van der Waals surface area contributed by atoms with Gasteiger partial charge in [-0.2, -0.15) is 8.42 Å². The molecule has 0 bridgehead atoms. The number of hydrogen-bond acceptors (Lipinski definition) is 8. The second-order valence-corrected chi connectivity index (χ2v) is 7.59. The van der Waals surface area contributed by atoms with E-state index in [-0.39, 0.29) is 10.6 Å². The monoisotopic (exact) mass is 470 g/mol. The van der Waals surface area contributed by atoms with E-state index in [1.165, 1.54) is 24.3 Å². The Morgan fingerprint density at radius 2 is 1.96 bits per heavy atom. The van der Waals surface area contributed by atoms with Gasteiger partial charge in [0.1, 0.15) is 0 Å². The normalized spacial score (nSPS) is 17.9. The zero-order valence-electron chi connectivity index (χ0n) is 11.8. The molecule has 1 fully saturated rings. The SMILES string of the molecule is O=ICNc1ccc(C(=O)ON2C(=O)CC(S(=O)(=O)O)C2=O)cc1. The van der Waals surface area contributed by atoms with Gasteiger partial charge in [0.05, 0.1) is 16.5 Å². The first-order valence-electron chi connectivity index (χ1n) is 6.34. The Bertz CT molecular complexity index is 792. The topological polar surface area (TPSA) is 147 Å². The number of anilines is 1. The zero-order valence-corrected chi connectivity index (χ0v) is 14.8. The lowest BCUT2D eigenvalue weighted by molar-refractivity contribution is -0.172. The molecule has 2 amide bonds. The first-order valence-corrected chi connectivity index (χ1v) is 10.3. The fraction of sp³-hybridized carbons (Fsp3) is 0.250. The van der Waals surface area contributed by atoms with Gasteiger partial charge in [-0.05, 0) is 24.3 Å². The number of carbonyl (C=O) groups excluding carboxylic acids is 3. The van der Waals surface area contributed by atoms with Gasteiger partial charge in [-0.3, -0.25) is 17.2 Å². The van der Waals surface area contributed by atoms with Crippen LogP contribution in [0.5, 0.6) is 0 Å². The van der Waals surface area contributed by atoms with Crippen LogP contribution in [0.4, 0.5) is 5.69 Å². The molecule has 1 aromatic rings. The summed E-state index contributed by atoms with van der Waals surface area (Å²) in [6.07, 6.45) is -0.800. The zero-order chi connectivity index (χ0) is 17.9. The van der Waals surface area contributed by atoms with Crippen LogP contribution in [0.15, 0.2) is 24.3 Å². The van der Waals surface area contributed by atoms with Gasteiger partial charge in [0.2, 0.25) is 0 Å². The number of nitrogens with zero attached hydrogens (tertiary/aromatic N) is 1. The van der Waals surface area contributed by atoms with E-state index in [2.05, 4.69) is 10.2 Å². The molecule has 1 aliphatic heterocycles. The number of amides is 2. The van der Waals surface area contributed by atoms with Crippen molar-refractivity contribution in [3.8, 4) is 0 Å². The summed E-state index contributed by atoms with van der Waals surface area (Å²) in [5.74, 6) is -3.42. The molecule has 1 aromatic carbocycles. The van der Waals surface area contributed by atoms with E-state index in [4.69, 9.17) is 4.55 Å². The average Bonchev–Trinajstić information content (AvgIpc) is 2.81. The third kappa shape index (κ3) is 4.12. The third-order valence-corrected chi connectivity index (χ3v) is 4.82. The van der Waals surface area contributed by atoms with E-state index < -0.39 is 60.8 Å². The predicted molar refractivity (Wildman–Crippen MR) is 86.9 cm³/mol. The van der Waals surface area contributed by atoms with Crippen LogP contribution in [0.1, 0.15) is 16.8 Å². The maximum Gasteiger partial charge on any atom is 0.363 e. The van der Waals surface area contributed by atoms with Gasteiger partial charge in [-0.25, -0.2) is 4.79 Å². The van der Waals surface area contributed by atoms with Crippen molar-refractivity contribution in [2.45, 2.75) is 11.7 Å². The van der Waals surface area contributed by atoms with E-state index in [0.29, 0.717) is 10.2 Å². The van der Waals surface area contributed by atoms with E-state index in [1.807, 2.05) is 0 Å². The van der Waals surface area contributed by atoms with Crippen molar-refractivity contribution in [2.75, 3.05) is 9.87 Å². The number of carbonyl (C=O) groups is 3. The quantitative estimate of drug-likeness (QED) is 0.199. The molecule has 0 spiro atoms. The molecular formula is C12H11IN2O8S. The first-order chi connectivity index (χ1) is 11.2. The molecule has 0 aromatic heterocycles. The molecule has 0 aliphatic carbocycles. The largest absolute Gasteiger partial charge is 0.374 e. The van der Waals surface area contributed by atoms with Crippen LogP contribution in [0, 0.1) is 0 Å². The molecule has 2 N–H and O–H groups in total. The molecular weight excluding hydrogens is 459 g/mol. The summed E-state index contributed by atoms with van der Waals surface area (Å²) in [6, 6.07) is 5.70. The van der Waals surface area contributed by atoms with Gasteiger partial charge >= 0.3 is 5.97 Å². The van der Waals surface area contributed by atoms with Crippen molar-refractivity contribution >= 4 is 54.8 Å². The summed E-state index contributed by atoms with van der Waals surface area (Å²) in [5.41, 5.74) is 0.621. The van der Waals surface area contributed by atoms with Crippen LogP contribution in [0.2, 0.25) is 0 Å². The van der Waals surface area contributed by atoms with Crippen LogP contribution in [-0.2, 0) is 27.6 Å². The summed E-state index contributed by atoms with van der Waals surface area (Å²) in [4.78, 5) is 39.9. The standard InChI is InChI=1S/C12H11IN2O8S/c16-10-5-9(24(20,21)22)11(17)15(10)23-12(18)7-1-3-8(4-2-7)14-6-13-19/h1-4,9,14H,5-6H2,(H,20,21,22). The Morgan fingerprint density at radius 1 is 1.33 bits per heavy atom. The van der Waals surface area contributed by atoms with Crippen LogP contribution < -0.4 is 5.32 Å². The number of nitrogens with one attached hydrogen (secondary N) is 1. The molecule has 1 atom stereocenters.